The third-order valence-corrected chi connectivity index (χ3v) is 2.99. The van der Waals surface area contributed by atoms with Crippen molar-refractivity contribution >= 4 is 34.4 Å². The molecule has 1 aromatic carbocycles. The van der Waals surface area contributed by atoms with E-state index in [-0.39, 0.29) is 22.4 Å². The maximum atomic E-state index is 13.7. The number of alkyl carbamates (subject to hydrolysis) is 1. The zero-order valence-corrected chi connectivity index (χ0v) is 11.2. The Bertz CT molecular complexity index is 472. The van der Waals surface area contributed by atoms with Crippen LogP contribution in [0.5, 0.6) is 0 Å². The Balaban J connectivity index is 0.00000162. The van der Waals surface area contributed by atoms with Crippen LogP contribution in [0.3, 0.4) is 0 Å². The summed E-state index contributed by atoms with van der Waals surface area (Å²) in [6, 6.07) is 2.28. The summed E-state index contributed by atoms with van der Waals surface area (Å²) in [5, 5.41) is 1.92. The molecular weight excluding hydrogens is 338 g/mol. The predicted octanol–water partition coefficient (Wildman–Crippen LogP) is 3.43. The summed E-state index contributed by atoms with van der Waals surface area (Å²) in [7, 11) is 0. The number of hydrogen-bond acceptors (Lipinski definition) is 2. The average Bonchev–Trinajstić information content (AvgIpc) is 2.26. The molecule has 0 spiro atoms. The maximum absolute atomic E-state index is 13.7. The van der Waals surface area contributed by atoms with E-state index in [0.29, 0.717) is 0 Å². The van der Waals surface area contributed by atoms with Crippen LogP contribution in [0.2, 0.25) is 0 Å². The molecule has 100 valence electrons. The van der Waals surface area contributed by atoms with Crippen LogP contribution in [0.25, 0.3) is 0 Å². The van der Waals surface area contributed by atoms with Gasteiger partial charge in [-0.15, -0.1) is 12.4 Å². The highest BCUT2D eigenvalue weighted by Gasteiger charge is 2.47. The number of hydrogen-bond donors (Lipinski definition) is 1. The number of ether oxygens (including phenoxy) is 1. The van der Waals surface area contributed by atoms with Crippen molar-refractivity contribution in [2.24, 2.45) is 0 Å². The van der Waals surface area contributed by atoms with E-state index in [1.807, 2.05) is 5.32 Å². The van der Waals surface area contributed by atoms with Gasteiger partial charge in [-0.1, -0.05) is 12.1 Å². The van der Waals surface area contributed by atoms with Crippen LogP contribution in [0.15, 0.2) is 22.7 Å². The van der Waals surface area contributed by atoms with Gasteiger partial charge in [0, 0.05) is 5.56 Å². The van der Waals surface area contributed by atoms with Crippen LogP contribution < -0.4 is 5.32 Å². The molecule has 8 heteroatoms. The van der Waals surface area contributed by atoms with Crippen LogP contribution in [0.4, 0.5) is 18.0 Å². The van der Waals surface area contributed by atoms with Gasteiger partial charge in [0.05, 0.1) is 4.47 Å². The van der Waals surface area contributed by atoms with Crippen LogP contribution in [0.1, 0.15) is 11.6 Å². The van der Waals surface area contributed by atoms with Crippen LogP contribution in [0, 0.1) is 5.82 Å². The second-order valence-electron chi connectivity index (χ2n) is 3.56. The van der Waals surface area contributed by atoms with Crippen LogP contribution in [-0.2, 0) is 4.74 Å². The molecule has 0 saturated carbocycles. The van der Waals surface area contributed by atoms with Crippen molar-refractivity contribution in [2.45, 2.75) is 12.0 Å². The molecule has 2 rings (SSSR count). The molecule has 3 nitrogen and oxygen atoms in total. The van der Waals surface area contributed by atoms with E-state index in [1.54, 1.807) is 0 Å². The van der Waals surface area contributed by atoms with E-state index >= 15 is 0 Å². The second kappa shape index (κ2) is 5.36. The van der Waals surface area contributed by atoms with E-state index in [0.717, 1.165) is 0 Å². The van der Waals surface area contributed by atoms with Gasteiger partial charge in [0.2, 0.25) is 0 Å². The first-order valence-electron chi connectivity index (χ1n) is 4.67. The van der Waals surface area contributed by atoms with Gasteiger partial charge in [-0.2, -0.15) is 0 Å². The number of carbonyl (C=O) groups excluding carboxylic acids is 1. The monoisotopic (exact) mass is 345 g/mol. The standard InChI is InChI=1S/C10H7BrF3NO2.ClH/c11-6-3-1-2-5(7(6)12)8-10(13,14)4-17-9(16)15-8;/h1-3,8H,4H2,(H,15,16);1H/t8-;/m1./s1. The maximum Gasteiger partial charge on any atom is 0.408 e. The quantitative estimate of drug-likeness (QED) is 0.846. The number of amides is 1. The molecule has 0 radical (unpaired) electrons. The molecule has 1 N–H and O–H groups in total. The van der Waals surface area contributed by atoms with E-state index < -0.39 is 30.5 Å². The lowest BCUT2D eigenvalue weighted by atomic mass is 9.99. The van der Waals surface area contributed by atoms with Gasteiger partial charge in [0.15, 0.2) is 6.61 Å². The Morgan fingerprint density at radius 3 is 2.78 bits per heavy atom. The highest BCUT2D eigenvalue weighted by molar-refractivity contribution is 9.10. The molecule has 1 amide bonds. The van der Waals surface area contributed by atoms with Gasteiger partial charge < -0.3 is 10.1 Å². The summed E-state index contributed by atoms with van der Waals surface area (Å²) in [5.41, 5.74) is -0.277. The minimum absolute atomic E-state index is 0. The molecule has 1 aliphatic rings. The summed E-state index contributed by atoms with van der Waals surface area (Å²) in [6.07, 6.45) is -0.986. The van der Waals surface area contributed by atoms with Crippen molar-refractivity contribution in [3.8, 4) is 0 Å². The number of cyclic esters (lactones) is 1. The lowest BCUT2D eigenvalue weighted by molar-refractivity contribution is -0.105. The first kappa shape index (κ1) is 15.1. The number of nitrogens with one attached hydrogen (secondary N) is 1. The highest BCUT2D eigenvalue weighted by atomic mass is 79.9. The van der Waals surface area contributed by atoms with E-state index in [2.05, 4.69) is 20.7 Å². The Kier molecular flexibility index (Phi) is 4.50. The molecular formula is C10H8BrClF3NO2. The number of alkyl halides is 2. The summed E-state index contributed by atoms with van der Waals surface area (Å²) in [6.45, 7) is -1.06. The lowest BCUT2D eigenvalue weighted by Crippen LogP contribution is -2.49. The topological polar surface area (TPSA) is 38.3 Å². The van der Waals surface area contributed by atoms with Crippen molar-refractivity contribution in [1.29, 1.82) is 0 Å². The van der Waals surface area contributed by atoms with Gasteiger partial charge in [-0.25, -0.2) is 18.0 Å². The molecule has 0 aromatic heterocycles. The minimum atomic E-state index is -3.35. The van der Waals surface area contributed by atoms with Crippen molar-refractivity contribution in [3.63, 3.8) is 0 Å². The number of carbonyl (C=O) groups is 1. The normalized spacial score (nSPS) is 21.6. The Hall–Kier alpha value is -0.950. The summed E-state index contributed by atoms with van der Waals surface area (Å²) in [5.74, 6) is -4.17. The molecule has 1 heterocycles. The number of rotatable bonds is 1. The fourth-order valence-corrected chi connectivity index (χ4v) is 1.94. The van der Waals surface area contributed by atoms with Crippen molar-refractivity contribution in [3.05, 3.63) is 34.1 Å². The largest absolute Gasteiger partial charge is 0.443 e. The molecule has 0 unspecified atom stereocenters. The molecule has 0 aliphatic carbocycles. The fourth-order valence-electron chi connectivity index (χ4n) is 1.56. The fraction of sp³-hybridized carbons (Fsp3) is 0.300. The Morgan fingerprint density at radius 2 is 2.11 bits per heavy atom. The first-order valence-corrected chi connectivity index (χ1v) is 5.46. The van der Waals surface area contributed by atoms with E-state index in [9.17, 15) is 18.0 Å². The van der Waals surface area contributed by atoms with Gasteiger partial charge in [0.1, 0.15) is 11.9 Å². The first-order chi connectivity index (χ1) is 7.92. The molecule has 1 saturated heterocycles. The van der Waals surface area contributed by atoms with Crippen molar-refractivity contribution in [1.82, 2.24) is 5.32 Å². The average molecular weight is 347 g/mol. The zero-order valence-electron chi connectivity index (χ0n) is 8.75. The highest BCUT2D eigenvalue weighted by Crippen LogP contribution is 2.36. The zero-order chi connectivity index (χ0) is 12.6. The van der Waals surface area contributed by atoms with E-state index in [1.165, 1.54) is 18.2 Å². The molecule has 0 bridgehead atoms. The van der Waals surface area contributed by atoms with Crippen molar-refractivity contribution in [2.75, 3.05) is 6.61 Å². The summed E-state index contributed by atoms with van der Waals surface area (Å²) < 4.78 is 45.0. The third-order valence-electron chi connectivity index (χ3n) is 2.37. The second-order valence-corrected chi connectivity index (χ2v) is 4.41. The molecule has 1 aliphatic heterocycles. The van der Waals surface area contributed by atoms with Crippen LogP contribution in [-0.4, -0.2) is 18.6 Å². The summed E-state index contributed by atoms with van der Waals surface area (Å²) in [4.78, 5) is 10.9. The molecule has 1 aromatic rings. The number of halogens is 5. The number of benzene rings is 1. The SMILES string of the molecule is Cl.O=C1N[C@H](c2cccc(Br)c2F)C(F)(F)CO1. The molecule has 18 heavy (non-hydrogen) atoms. The van der Waals surface area contributed by atoms with Gasteiger partial charge in [-0.05, 0) is 22.0 Å². The minimum Gasteiger partial charge on any atom is -0.443 e. The third kappa shape index (κ3) is 2.72. The van der Waals surface area contributed by atoms with Gasteiger partial charge >= 0.3 is 12.0 Å². The van der Waals surface area contributed by atoms with Crippen molar-refractivity contribution < 1.29 is 22.7 Å². The van der Waals surface area contributed by atoms with E-state index in [4.69, 9.17) is 0 Å². The Morgan fingerprint density at radius 1 is 1.44 bits per heavy atom. The Labute approximate surface area is 115 Å². The lowest BCUT2D eigenvalue weighted by Gasteiger charge is -2.32. The molecule has 1 atom stereocenters. The predicted molar refractivity (Wildman–Crippen MR) is 63.5 cm³/mol. The van der Waals surface area contributed by atoms with Crippen LogP contribution >= 0.6 is 28.3 Å². The van der Waals surface area contributed by atoms with Gasteiger partial charge in [-0.3, -0.25) is 0 Å². The smallest absolute Gasteiger partial charge is 0.408 e. The molecule has 1 fully saturated rings. The van der Waals surface area contributed by atoms with Gasteiger partial charge in [0.25, 0.3) is 0 Å². The summed E-state index contributed by atoms with van der Waals surface area (Å²) >= 11 is 2.90.